The Labute approximate surface area is 43.0 Å². The second-order valence-corrected chi connectivity index (χ2v) is 1.74. The van der Waals surface area contributed by atoms with Crippen LogP contribution in [0.1, 0.15) is 6.42 Å². The lowest BCUT2D eigenvalue weighted by atomic mass is 10.4. The van der Waals surface area contributed by atoms with Gasteiger partial charge < -0.3 is 5.73 Å². The fourth-order valence-corrected chi connectivity index (χ4v) is 0.595. The van der Waals surface area contributed by atoms with E-state index in [9.17, 15) is 0 Å². The van der Waals surface area contributed by atoms with Gasteiger partial charge >= 0.3 is 0 Å². The van der Waals surface area contributed by atoms with Crippen LogP contribution in [-0.4, -0.2) is 24.9 Å². The zero-order chi connectivity index (χ0) is 5.28. The minimum Gasteiger partial charge on any atom is -0.314 e. The molecular formula is C4H10N2O. The number of hydrogen-bond donors (Lipinski definition) is 1. The van der Waals surface area contributed by atoms with E-state index in [1.807, 2.05) is 7.05 Å². The molecule has 1 fully saturated rings. The predicted molar refractivity (Wildman–Crippen MR) is 26.3 cm³/mol. The van der Waals surface area contributed by atoms with Gasteiger partial charge in [-0.05, 0) is 0 Å². The summed E-state index contributed by atoms with van der Waals surface area (Å²) in [6.45, 7) is 0.775. The summed E-state index contributed by atoms with van der Waals surface area (Å²) in [6, 6.07) is 0. The first-order valence-electron chi connectivity index (χ1n) is 2.42. The maximum Gasteiger partial charge on any atom is 0.0837 e. The zero-order valence-corrected chi connectivity index (χ0v) is 4.42. The molecule has 1 aliphatic heterocycles. The van der Waals surface area contributed by atoms with Crippen molar-refractivity contribution in [1.29, 1.82) is 0 Å². The minimum atomic E-state index is 0.125. The van der Waals surface area contributed by atoms with E-state index in [0.717, 1.165) is 13.0 Å². The van der Waals surface area contributed by atoms with Crippen molar-refractivity contribution in [2.45, 2.75) is 12.6 Å². The summed E-state index contributed by atoms with van der Waals surface area (Å²) in [5.74, 6) is 0. The first-order valence-corrected chi connectivity index (χ1v) is 2.42. The van der Waals surface area contributed by atoms with Crippen LogP contribution in [0.2, 0.25) is 0 Å². The Morgan fingerprint density at radius 1 is 1.86 bits per heavy atom. The molecule has 1 unspecified atom stereocenters. The average molecular weight is 102 g/mol. The highest BCUT2D eigenvalue weighted by atomic mass is 16.7. The third-order valence-corrected chi connectivity index (χ3v) is 1.18. The van der Waals surface area contributed by atoms with Crippen LogP contribution >= 0.6 is 0 Å². The molecule has 0 amide bonds. The third-order valence-electron chi connectivity index (χ3n) is 1.18. The normalized spacial score (nSPS) is 34.3. The Morgan fingerprint density at radius 3 is 2.71 bits per heavy atom. The number of hydrogen-bond acceptors (Lipinski definition) is 3. The molecule has 0 spiro atoms. The van der Waals surface area contributed by atoms with Crippen LogP contribution in [0.3, 0.4) is 0 Å². The van der Waals surface area contributed by atoms with Gasteiger partial charge in [-0.2, -0.15) is 5.06 Å². The van der Waals surface area contributed by atoms with E-state index in [4.69, 9.17) is 10.6 Å². The minimum absolute atomic E-state index is 0.125. The van der Waals surface area contributed by atoms with Crippen molar-refractivity contribution >= 4 is 0 Å². The molecule has 1 saturated heterocycles. The van der Waals surface area contributed by atoms with Crippen LogP contribution < -0.4 is 5.73 Å². The van der Waals surface area contributed by atoms with E-state index in [1.165, 1.54) is 0 Å². The van der Waals surface area contributed by atoms with Crippen LogP contribution in [0.15, 0.2) is 0 Å². The van der Waals surface area contributed by atoms with Crippen molar-refractivity contribution in [2.75, 3.05) is 13.7 Å². The van der Waals surface area contributed by atoms with Crippen LogP contribution in [0.4, 0.5) is 0 Å². The van der Waals surface area contributed by atoms with Gasteiger partial charge in [0.25, 0.3) is 0 Å². The number of hydroxylamine groups is 2. The molecule has 1 heterocycles. The molecule has 1 aliphatic rings. The lowest BCUT2D eigenvalue weighted by molar-refractivity contribution is -0.108. The lowest BCUT2D eigenvalue weighted by Gasteiger charge is -2.10. The molecule has 1 atom stereocenters. The van der Waals surface area contributed by atoms with Gasteiger partial charge in [-0.25, -0.2) is 0 Å². The van der Waals surface area contributed by atoms with Crippen molar-refractivity contribution in [3.63, 3.8) is 0 Å². The second kappa shape index (κ2) is 1.78. The van der Waals surface area contributed by atoms with Crippen LogP contribution in [0, 0.1) is 0 Å². The monoisotopic (exact) mass is 102 g/mol. The summed E-state index contributed by atoms with van der Waals surface area (Å²) >= 11 is 0. The van der Waals surface area contributed by atoms with E-state index in [-0.39, 0.29) is 6.17 Å². The molecule has 42 valence electrons. The van der Waals surface area contributed by atoms with Crippen molar-refractivity contribution in [3.05, 3.63) is 0 Å². The van der Waals surface area contributed by atoms with Gasteiger partial charge in [-0.1, -0.05) is 0 Å². The molecule has 0 bridgehead atoms. The first kappa shape index (κ1) is 5.03. The van der Waals surface area contributed by atoms with Gasteiger partial charge in [-0.15, -0.1) is 0 Å². The van der Waals surface area contributed by atoms with Gasteiger partial charge in [-0.3, -0.25) is 4.84 Å². The van der Waals surface area contributed by atoms with Gasteiger partial charge in [0.15, 0.2) is 0 Å². The number of nitrogens with zero attached hydrogens (tertiary/aromatic N) is 1. The Hall–Kier alpha value is -0.120. The molecule has 0 aromatic rings. The Bertz CT molecular complexity index is 58.7. The van der Waals surface area contributed by atoms with Crippen molar-refractivity contribution in [2.24, 2.45) is 5.73 Å². The first-order chi connectivity index (χ1) is 3.30. The molecule has 0 aromatic heterocycles. The van der Waals surface area contributed by atoms with Crippen LogP contribution in [0.25, 0.3) is 0 Å². The summed E-state index contributed by atoms with van der Waals surface area (Å²) < 4.78 is 0. The van der Waals surface area contributed by atoms with Gasteiger partial charge in [0.1, 0.15) is 0 Å². The highest BCUT2D eigenvalue weighted by Gasteiger charge is 2.16. The zero-order valence-electron chi connectivity index (χ0n) is 4.42. The summed E-state index contributed by atoms with van der Waals surface area (Å²) in [5.41, 5.74) is 5.48. The number of nitrogens with two attached hydrogens (primary N) is 1. The molecule has 0 saturated carbocycles. The molecule has 0 radical (unpaired) electrons. The fraction of sp³-hybridized carbons (Fsp3) is 1.00. The van der Waals surface area contributed by atoms with Crippen molar-refractivity contribution < 1.29 is 4.84 Å². The summed E-state index contributed by atoms with van der Waals surface area (Å²) in [7, 11) is 1.84. The van der Waals surface area contributed by atoms with Crippen molar-refractivity contribution in [3.8, 4) is 0 Å². The standard InChI is InChI=1S/C4H10N2O/c1-6-4(5)2-3-7-6/h4H,2-3,5H2,1H3. The molecule has 0 aromatic carbocycles. The maximum atomic E-state index is 5.48. The Kier molecular flexibility index (Phi) is 1.27. The van der Waals surface area contributed by atoms with Crippen LogP contribution in [0.5, 0.6) is 0 Å². The maximum absolute atomic E-state index is 5.48. The van der Waals surface area contributed by atoms with E-state index in [2.05, 4.69) is 0 Å². The highest BCUT2D eigenvalue weighted by molar-refractivity contribution is 4.58. The largest absolute Gasteiger partial charge is 0.314 e. The van der Waals surface area contributed by atoms with E-state index in [0.29, 0.717) is 0 Å². The quantitative estimate of drug-likeness (QED) is 0.449. The predicted octanol–water partition coefficient (Wildman–Crippen LogP) is -0.462. The SMILES string of the molecule is CN1OCCC1N. The molecule has 3 nitrogen and oxygen atoms in total. The summed E-state index contributed by atoms with van der Waals surface area (Å²) in [5, 5.41) is 1.68. The van der Waals surface area contributed by atoms with Gasteiger partial charge in [0.05, 0.1) is 12.8 Å². The smallest absolute Gasteiger partial charge is 0.0837 e. The third kappa shape index (κ3) is 0.907. The average Bonchev–Trinajstić information content (AvgIpc) is 1.91. The summed E-state index contributed by atoms with van der Waals surface area (Å²) in [4.78, 5) is 4.97. The Balaban J connectivity index is 2.33. The van der Waals surface area contributed by atoms with Gasteiger partial charge in [0, 0.05) is 13.5 Å². The molecule has 7 heavy (non-hydrogen) atoms. The molecular weight excluding hydrogens is 92.1 g/mol. The van der Waals surface area contributed by atoms with E-state index < -0.39 is 0 Å². The Morgan fingerprint density at radius 2 is 2.57 bits per heavy atom. The number of rotatable bonds is 0. The second-order valence-electron chi connectivity index (χ2n) is 1.74. The fourth-order valence-electron chi connectivity index (χ4n) is 0.595. The molecule has 1 rings (SSSR count). The summed E-state index contributed by atoms with van der Waals surface area (Å²) in [6.07, 6.45) is 1.08. The van der Waals surface area contributed by atoms with Crippen LogP contribution in [-0.2, 0) is 4.84 Å². The van der Waals surface area contributed by atoms with E-state index in [1.54, 1.807) is 5.06 Å². The lowest BCUT2D eigenvalue weighted by Crippen LogP contribution is -2.31. The highest BCUT2D eigenvalue weighted by Crippen LogP contribution is 2.04. The van der Waals surface area contributed by atoms with E-state index >= 15 is 0 Å². The van der Waals surface area contributed by atoms with Crippen molar-refractivity contribution in [1.82, 2.24) is 5.06 Å². The van der Waals surface area contributed by atoms with Gasteiger partial charge in [0.2, 0.25) is 0 Å². The topological polar surface area (TPSA) is 38.5 Å². The molecule has 3 heteroatoms. The molecule has 2 N–H and O–H groups in total. The molecule has 0 aliphatic carbocycles.